The number of thioether (sulfide) groups is 1. The van der Waals surface area contributed by atoms with Crippen LogP contribution < -0.4 is 11.1 Å². The highest BCUT2D eigenvalue weighted by atomic mass is 32.2. The summed E-state index contributed by atoms with van der Waals surface area (Å²) in [6, 6.07) is 2.65. The van der Waals surface area contributed by atoms with Crippen LogP contribution in [-0.2, 0) is 9.59 Å². The number of carboxylic acids is 1. The summed E-state index contributed by atoms with van der Waals surface area (Å²) in [6.07, 6.45) is 0. The Morgan fingerprint density at radius 3 is 2.46 bits per heavy atom. The highest BCUT2D eigenvalue weighted by Crippen LogP contribution is 2.30. The fraction of sp³-hybridized carbons (Fsp3) is 0.357. The van der Waals surface area contributed by atoms with E-state index in [2.05, 4.69) is 5.32 Å². The highest BCUT2D eigenvalue weighted by Gasteiger charge is 2.24. The molecule has 4 N–H and O–H groups in total. The number of nitrogens with one attached hydrogen (secondary N) is 1. The van der Waals surface area contributed by atoms with Gasteiger partial charge in [0, 0.05) is 11.6 Å². The number of amides is 2. The molecule has 130 valence electrons. The average Bonchev–Trinajstić information content (AvgIpc) is 2.49. The molecule has 1 aromatic carbocycles. The van der Waals surface area contributed by atoms with Crippen LogP contribution in [0.3, 0.4) is 0 Å². The summed E-state index contributed by atoms with van der Waals surface area (Å²) in [6.45, 7) is 3.30. The summed E-state index contributed by atoms with van der Waals surface area (Å²) >= 11 is 0.871. The smallest absolute Gasteiger partial charge is 0.326 e. The number of primary amides is 1. The third-order valence-corrected chi connectivity index (χ3v) is 4.11. The van der Waals surface area contributed by atoms with Crippen LogP contribution in [0.5, 0.6) is 0 Å². The van der Waals surface area contributed by atoms with E-state index in [0.717, 1.165) is 17.8 Å². The van der Waals surface area contributed by atoms with Crippen molar-refractivity contribution in [2.24, 2.45) is 11.7 Å². The van der Waals surface area contributed by atoms with E-state index < -0.39 is 28.7 Å². The number of nitrogens with zero attached hydrogens (tertiary/aromatic N) is 1. The Labute approximate surface area is 141 Å². The molecule has 0 aliphatic rings. The number of carbonyl (C=O) groups excluding carboxylic acids is 2. The van der Waals surface area contributed by atoms with E-state index in [1.54, 1.807) is 13.8 Å². The van der Waals surface area contributed by atoms with Gasteiger partial charge < -0.3 is 16.2 Å². The molecule has 0 saturated heterocycles. The molecular formula is C14H17N3O6S. The van der Waals surface area contributed by atoms with Gasteiger partial charge in [-0.2, -0.15) is 0 Å². The summed E-state index contributed by atoms with van der Waals surface area (Å²) in [7, 11) is 0. The van der Waals surface area contributed by atoms with Gasteiger partial charge >= 0.3 is 5.97 Å². The molecule has 1 rings (SSSR count). The number of benzene rings is 1. The van der Waals surface area contributed by atoms with Gasteiger partial charge in [0.25, 0.3) is 5.69 Å². The summed E-state index contributed by atoms with van der Waals surface area (Å²) in [5.74, 6) is -3.02. The maximum atomic E-state index is 11.9. The van der Waals surface area contributed by atoms with E-state index in [0.29, 0.717) is 0 Å². The molecule has 10 heteroatoms. The third-order valence-electron chi connectivity index (χ3n) is 3.05. The molecule has 0 aliphatic heterocycles. The molecule has 0 spiro atoms. The molecule has 0 aromatic heterocycles. The van der Waals surface area contributed by atoms with Gasteiger partial charge in [-0.25, -0.2) is 4.79 Å². The number of hydrogen-bond donors (Lipinski definition) is 3. The van der Waals surface area contributed by atoms with Crippen molar-refractivity contribution in [3.05, 3.63) is 33.9 Å². The lowest BCUT2D eigenvalue weighted by molar-refractivity contribution is -0.387. The van der Waals surface area contributed by atoms with Gasteiger partial charge in [-0.3, -0.25) is 19.7 Å². The third kappa shape index (κ3) is 5.23. The first-order chi connectivity index (χ1) is 11.1. The second-order valence-corrected chi connectivity index (χ2v) is 6.24. The fourth-order valence-electron chi connectivity index (χ4n) is 1.81. The summed E-state index contributed by atoms with van der Waals surface area (Å²) in [4.78, 5) is 44.5. The van der Waals surface area contributed by atoms with E-state index in [4.69, 9.17) is 10.8 Å². The molecule has 1 aromatic rings. The Bertz CT molecular complexity index is 676. The van der Waals surface area contributed by atoms with Crippen LogP contribution in [0.15, 0.2) is 23.1 Å². The molecule has 1 atom stereocenters. The van der Waals surface area contributed by atoms with Gasteiger partial charge in [-0.05, 0) is 18.1 Å². The zero-order valence-electron chi connectivity index (χ0n) is 13.0. The van der Waals surface area contributed by atoms with Crippen LogP contribution in [0.2, 0.25) is 0 Å². The number of carbonyl (C=O) groups is 3. The minimum Gasteiger partial charge on any atom is -0.480 e. The normalized spacial score (nSPS) is 11.8. The zero-order chi connectivity index (χ0) is 18.4. The molecule has 1 unspecified atom stereocenters. The van der Waals surface area contributed by atoms with Gasteiger partial charge in [0.05, 0.1) is 15.6 Å². The highest BCUT2D eigenvalue weighted by molar-refractivity contribution is 8.00. The van der Waals surface area contributed by atoms with E-state index in [1.807, 2.05) is 0 Å². The van der Waals surface area contributed by atoms with Gasteiger partial charge in [0.15, 0.2) is 0 Å². The first kappa shape index (κ1) is 19.4. The number of carboxylic acid groups (broad SMARTS) is 1. The lowest BCUT2D eigenvalue weighted by Crippen LogP contribution is -2.45. The summed E-state index contributed by atoms with van der Waals surface area (Å²) in [5, 5.41) is 22.4. The van der Waals surface area contributed by atoms with Crippen molar-refractivity contribution in [3.63, 3.8) is 0 Å². The molecule has 0 fully saturated rings. The maximum absolute atomic E-state index is 11.9. The van der Waals surface area contributed by atoms with Crippen LogP contribution in [0.4, 0.5) is 5.69 Å². The van der Waals surface area contributed by atoms with E-state index >= 15 is 0 Å². The Morgan fingerprint density at radius 1 is 1.38 bits per heavy atom. The SMILES string of the molecule is CC(C)C(NC(=O)CSc1ccc(C(N)=O)cc1[N+](=O)[O-])C(=O)O. The number of nitro groups is 1. The van der Waals surface area contributed by atoms with E-state index in [-0.39, 0.29) is 27.8 Å². The number of nitro benzene ring substituents is 1. The van der Waals surface area contributed by atoms with Crippen molar-refractivity contribution in [2.75, 3.05) is 5.75 Å². The lowest BCUT2D eigenvalue weighted by Gasteiger charge is -2.17. The van der Waals surface area contributed by atoms with Gasteiger partial charge in [0.1, 0.15) is 6.04 Å². The molecular weight excluding hydrogens is 338 g/mol. The van der Waals surface area contributed by atoms with Crippen LogP contribution in [-0.4, -0.2) is 39.6 Å². The fourth-order valence-corrected chi connectivity index (χ4v) is 2.62. The maximum Gasteiger partial charge on any atom is 0.326 e. The molecule has 0 radical (unpaired) electrons. The van der Waals surface area contributed by atoms with E-state index in [9.17, 15) is 24.5 Å². The Balaban J connectivity index is 2.83. The Hall–Kier alpha value is -2.62. The predicted octanol–water partition coefficient (Wildman–Crippen LogP) is 1.01. The Morgan fingerprint density at radius 2 is 2.00 bits per heavy atom. The summed E-state index contributed by atoms with van der Waals surface area (Å²) < 4.78 is 0. The minimum atomic E-state index is -1.15. The van der Waals surface area contributed by atoms with Crippen LogP contribution in [0.1, 0.15) is 24.2 Å². The number of nitrogens with two attached hydrogens (primary N) is 1. The quantitative estimate of drug-likeness (QED) is 0.357. The first-order valence-electron chi connectivity index (χ1n) is 6.86. The molecule has 0 aliphatic carbocycles. The van der Waals surface area contributed by atoms with Crippen molar-refractivity contribution in [3.8, 4) is 0 Å². The number of aliphatic carboxylic acids is 1. The van der Waals surface area contributed by atoms with Crippen LogP contribution >= 0.6 is 11.8 Å². The largest absolute Gasteiger partial charge is 0.480 e. The second kappa shape index (κ2) is 8.29. The monoisotopic (exact) mass is 355 g/mol. The van der Waals surface area contributed by atoms with Crippen molar-refractivity contribution >= 4 is 35.2 Å². The topological polar surface area (TPSA) is 153 Å². The molecule has 2 amide bonds. The second-order valence-electron chi connectivity index (χ2n) is 5.22. The molecule has 24 heavy (non-hydrogen) atoms. The van der Waals surface area contributed by atoms with Crippen molar-refractivity contribution in [1.29, 1.82) is 0 Å². The lowest BCUT2D eigenvalue weighted by atomic mass is 10.1. The van der Waals surface area contributed by atoms with Crippen LogP contribution in [0, 0.1) is 16.0 Å². The molecule has 0 bridgehead atoms. The Kier molecular flexibility index (Phi) is 6.71. The first-order valence-corrected chi connectivity index (χ1v) is 7.85. The summed E-state index contributed by atoms with van der Waals surface area (Å²) in [5.41, 5.74) is 4.72. The predicted molar refractivity (Wildman–Crippen MR) is 86.7 cm³/mol. The van der Waals surface area contributed by atoms with Gasteiger partial charge in [0.2, 0.25) is 11.8 Å². The van der Waals surface area contributed by atoms with Gasteiger partial charge in [-0.15, -0.1) is 11.8 Å². The molecule has 9 nitrogen and oxygen atoms in total. The zero-order valence-corrected chi connectivity index (χ0v) is 13.8. The van der Waals surface area contributed by atoms with Crippen molar-refractivity contribution in [2.45, 2.75) is 24.8 Å². The number of hydrogen-bond acceptors (Lipinski definition) is 6. The number of rotatable bonds is 8. The van der Waals surface area contributed by atoms with Crippen LogP contribution in [0.25, 0.3) is 0 Å². The van der Waals surface area contributed by atoms with Crippen molar-refractivity contribution < 1.29 is 24.4 Å². The molecule has 0 saturated carbocycles. The van der Waals surface area contributed by atoms with Gasteiger partial charge in [-0.1, -0.05) is 13.8 Å². The minimum absolute atomic E-state index is 0.0127. The van der Waals surface area contributed by atoms with Crippen molar-refractivity contribution in [1.82, 2.24) is 5.32 Å². The molecule has 0 heterocycles. The standard InChI is InChI=1S/C14H17N3O6S/c1-7(2)12(14(20)21)16-11(18)6-24-10-4-3-8(13(15)19)5-9(10)17(22)23/h3-5,7,12H,6H2,1-2H3,(H2,15,19)(H,16,18)(H,20,21). The average molecular weight is 355 g/mol. The van der Waals surface area contributed by atoms with E-state index in [1.165, 1.54) is 12.1 Å².